The zero-order valence-corrected chi connectivity index (χ0v) is 11.4. The monoisotopic (exact) mass is 257 g/mol. The van der Waals surface area contributed by atoms with Crippen LogP contribution in [0, 0.1) is 13.8 Å². The van der Waals surface area contributed by atoms with E-state index in [9.17, 15) is 0 Å². The fourth-order valence-electron chi connectivity index (χ4n) is 2.67. The number of aryl methyl sites for hydroxylation is 3. The molecule has 0 saturated carbocycles. The Labute approximate surface area is 113 Å². The molecule has 0 aliphatic heterocycles. The average molecular weight is 257 g/mol. The van der Waals surface area contributed by atoms with Gasteiger partial charge < -0.3 is 15.5 Å². The number of aromatic nitrogens is 1. The smallest absolute Gasteiger partial charge is 0.208 e. The summed E-state index contributed by atoms with van der Waals surface area (Å²) in [6, 6.07) is 6.55. The molecule has 0 radical (unpaired) electrons. The molecule has 0 saturated heterocycles. The lowest BCUT2D eigenvalue weighted by Crippen LogP contribution is -2.18. The zero-order valence-electron chi connectivity index (χ0n) is 11.4. The summed E-state index contributed by atoms with van der Waals surface area (Å²) < 4.78 is 5.59. The van der Waals surface area contributed by atoms with E-state index in [0.29, 0.717) is 12.6 Å². The number of hydrogen-bond donors (Lipinski definition) is 2. The van der Waals surface area contributed by atoms with Gasteiger partial charge in [0.05, 0.1) is 12.2 Å². The molecule has 0 amide bonds. The summed E-state index contributed by atoms with van der Waals surface area (Å²) in [5.41, 5.74) is 10.3. The summed E-state index contributed by atoms with van der Waals surface area (Å²) in [5, 5.41) is 3.52. The van der Waals surface area contributed by atoms with Crippen molar-refractivity contribution in [1.82, 2.24) is 10.3 Å². The molecule has 1 aliphatic rings. The molecular weight excluding hydrogens is 238 g/mol. The zero-order chi connectivity index (χ0) is 13.4. The van der Waals surface area contributed by atoms with Crippen molar-refractivity contribution in [3.63, 3.8) is 0 Å². The third kappa shape index (κ3) is 2.36. The van der Waals surface area contributed by atoms with Crippen LogP contribution in [0.25, 0.3) is 0 Å². The number of nitrogens with one attached hydrogen (secondary N) is 1. The Morgan fingerprint density at radius 1 is 1.42 bits per heavy atom. The minimum Gasteiger partial charge on any atom is -0.444 e. The summed E-state index contributed by atoms with van der Waals surface area (Å²) in [5.74, 6) is 1.66. The molecule has 2 aromatic rings. The molecule has 0 spiro atoms. The molecule has 1 atom stereocenters. The molecule has 1 aliphatic carbocycles. The summed E-state index contributed by atoms with van der Waals surface area (Å²) in [6.45, 7) is 4.58. The van der Waals surface area contributed by atoms with Gasteiger partial charge in [-0.05, 0) is 49.9 Å². The van der Waals surface area contributed by atoms with Crippen molar-refractivity contribution >= 4 is 5.69 Å². The number of nitrogens with two attached hydrogens (primary N) is 1. The summed E-state index contributed by atoms with van der Waals surface area (Å²) in [7, 11) is 0. The van der Waals surface area contributed by atoms with E-state index in [1.807, 2.05) is 19.9 Å². The number of anilines is 1. The molecule has 0 fully saturated rings. The van der Waals surface area contributed by atoms with E-state index in [1.54, 1.807) is 0 Å². The molecular formula is C15H19N3O. The molecule has 3 rings (SSSR count). The van der Waals surface area contributed by atoms with Gasteiger partial charge in [-0.1, -0.05) is 6.07 Å². The second-order valence-corrected chi connectivity index (χ2v) is 5.18. The fourth-order valence-corrected chi connectivity index (χ4v) is 2.67. The van der Waals surface area contributed by atoms with E-state index in [1.165, 1.54) is 11.1 Å². The maximum atomic E-state index is 5.82. The molecule has 3 N–H and O–H groups in total. The SMILES string of the molecule is Cc1nc(CNC2CCc3cc(N)ccc32)oc1C. The Balaban J connectivity index is 1.70. The molecule has 0 bridgehead atoms. The first kappa shape index (κ1) is 12.2. The van der Waals surface area contributed by atoms with E-state index >= 15 is 0 Å². The van der Waals surface area contributed by atoms with Crippen LogP contribution >= 0.6 is 0 Å². The normalized spacial score (nSPS) is 17.7. The minimum absolute atomic E-state index is 0.378. The van der Waals surface area contributed by atoms with Gasteiger partial charge in [-0.2, -0.15) is 0 Å². The van der Waals surface area contributed by atoms with Crippen LogP contribution in [0.1, 0.15) is 40.9 Å². The predicted molar refractivity (Wildman–Crippen MR) is 74.7 cm³/mol. The van der Waals surface area contributed by atoms with Gasteiger partial charge in [-0.15, -0.1) is 0 Å². The number of fused-ring (bicyclic) bond motifs is 1. The average Bonchev–Trinajstić information content (AvgIpc) is 2.91. The highest BCUT2D eigenvalue weighted by Gasteiger charge is 2.22. The minimum atomic E-state index is 0.378. The van der Waals surface area contributed by atoms with Crippen LogP contribution in [0.5, 0.6) is 0 Å². The van der Waals surface area contributed by atoms with Gasteiger partial charge >= 0.3 is 0 Å². The first-order chi connectivity index (χ1) is 9.13. The number of hydrogen-bond acceptors (Lipinski definition) is 4. The summed E-state index contributed by atoms with van der Waals surface area (Å²) in [4.78, 5) is 4.39. The number of benzene rings is 1. The predicted octanol–water partition coefficient (Wildman–Crippen LogP) is 2.65. The van der Waals surface area contributed by atoms with Crippen molar-refractivity contribution in [1.29, 1.82) is 0 Å². The molecule has 1 aromatic heterocycles. The lowest BCUT2D eigenvalue weighted by Gasteiger charge is -2.12. The highest BCUT2D eigenvalue weighted by Crippen LogP contribution is 2.32. The third-order valence-electron chi connectivity index (χ3n) is 3.82. The van der Waals surface area contributed by atoms with Gasteiger partial charge in [0.15, 0.2) is 0 Å². The van der Waals surface area contributed by atoms with Crippen molar-refractivity contribution in [2.75, 3.05) is 5.73 Å². The van der Waals surface area contributed by atoms with Crippen molar-refractivity contribution in [3.8, 4) is 0 Å². The first-order valence-corrected chi connectivity index (χ1v) is 6.68. The maximum absolute atomic E-state index is 5.82. The topological polar surface area (TPSA) is 64.1 Å². The Hall–Kier alpha value is -1.81. The Morgan fingerprint density at radius 3 is 3.00 bits per heavy atom. The first-order valence-electron chi connectivity index (χ1n) is 6.68. The van der Waals surface area contributed by atoms with Crippen LogP contribution in [0.2, 0.25) is 0 Å². The highest BCUT2D eigenvalue weighted by atomic mass is 16.4. The summed E-state index contributed by atoms with van der Waals surface area (Å²) in [6.07, 6.45) is 2.19. The van der Waals surface area contributed by atoms with Crippen LogP contribution in [-0.2, 0) is 13.0 Å². The molecule has 1 heterocycles. The van der Waals surface area contributed by atoms with Gasteiger partial charge in [-0.3, -0.25) is 0 Å². The van der Waals surface area contributed by atoms with Crippen molar-refractivity contribution in [2.24, 2.45) is 0 Å². The largest absolute Gasteiger partial charge is 0.444 e. The standard InChI is InChI=1S/C15H19N3O/c1-9-10(2)19-15(18-9)8-17-14-6-3-11-7-12(16)4-5-13(11)14/h4-5,7,14,17H,3,6,8,16H2,1-2H3. The van der Waals surface area contributed by atoms with E-state index in [4.69, 9.17) is 10.2 Å². The van der Waals surface area contributed by atoms with Gasteiger partial charge in [0.25, 0.3) is 0 Å². The van der Waals surface area contributed by atoms with Gasteiger partial charge in [0.1, 0.15) is 5.76 Å². The van der Waals surface area contributed by atoms with Crippen molar-refractivity contribution in [2.45, 2.75) is 39.3 Å². The molecule has 4 nitrogen and oxygen atoms in total. The van der Waals surface area contributed by atoms with Gasteiger partial charge in [0.2, 0.25) is 5.89 Å². The van der Waals surface area contributed by atoms with Crippen molar-refractivity contribution in [3.05, 3.63) is 46.7 Å². The second-order valence-electron chi connectivity index (χ2n) is 5.18. The van der Waals surface area contributed by atoms with Gasteiger partial charge in [0, 0.05) is 11.7 Å². The lowest BCUT2D eigenvalue weighted by atomic mass is 10.1. The van der Waals surface area contributed by atoms with Gasteiger partial charge in [-0.25, -0.2) is 4.98 Å². The Kier molecular flexibility index (Phi) is 3.03. The van der Waals surface area contributed by atoms with Crippen molar-refractivity contribution < 1.29 is 4.42 Å². The van der Waals surface area contributed by atoms with Crippen LogP contribution in [0.15, 0.2) is 22.6 Å². The van der Waals surface area contributed by atoms with Crippen LogP contribution < -0.4 is 11.1 Å². The third-order valence-corrected chi connectivity index (χ3v) is 3.82. The maximum Gasteiger partial charge on any atom is 0.208 e. The van der Waals surface area contributed by atoms with E-state index in [0.717, 1.165) is 35.9 Å². The quantitative estimate of drug-likeness (QED) is 0.830. The fraction of sp³-hybridized carbons (Fsp3) is 0.400. The van der Waals surface area contributed by atoms with E-state index in [2.05, 4.69) is 22.4 Å². The van der Waals surface area contributed by atoms with E-state index < -0.39 is 0 Å². The number of oxazole rings is 1. The molecule has 4 heteroatoms. The molecule has 1 aromatic carbocycles. The molecule has 100 valence electrons. The highest BCUT2D eigenvalue weighted by molar-refractivity contribution is 5.47. The molecule has 19 heavy (non-hydrogen) atoms. The van der Waals surface area contributed by atoms with Crippen LogP contribution in [0.4, 0.5) is 5.69 Å². The van der Waals surface area contributed by atoms with Crippen LogP contribution in [-0.4, -0.2) is 4.98 Å². The Morgan fingerprint density at radius 2 is 2.26 bits per heavy atom. The number of nitrogen functional groups attached to an aromatic ring is 1. The van der Waals surface area contributed by atoms with Crippen LogP contribution in [0.3, 0.4) is 0 Å². The Bertz CT molecular complexity index is 584. The lowest BCUT2D eigenvalue weighted by molar-refractivity contribution is 0.423. The van der Waals surface area contributed by atoms with E-state index in [-0.39, 0.29) is 0 Å². The molecule has 1 unspecified atom stereocenters. The number of nitrogens with zero attached hydrogens (tertiary/aromatic N) is 1. The second kappa shape index (κ2) is 4.70. The number of rotatable bonds is 3. The summed E-state index contributed by atoms with van der Waals surface area (Å²) >= 11 is 0.